The lowest BCUT2D eigenvalue weighted by atomic mass is 9.89. The Kier molecular flexibility index (Phi) is 4.74. The number of para-hydroxylation sites is 1. The molecule has 1 heterocycles. The van der Waals surface area contributed by atoms with Crippen LogP contribution in [0.15, 0.2) is 48.7 Å². The zero-order valence-corrected chi connectivity index (χ0v) is 13.2. The highest BCUT2D eigenvalue weighted by Crippen LogP contribution is 2.41. The van der Waals surface area contributed by atoms with Crippen molar-refractivity contribution >= 4 is 0 Å². The number of hydrogen-bond donors (Lipinski definition) is 1. The van der Waals surface area contributed by atoms with Crippen LogP contribution in [-0.4, -0.2) is 21.5 Å². The average Bonchev–Trinajstić information content (AvgIpc) is 3.08. The summed E-state index contributed by atoms with van der Waals surface area (Å²) in [5.74, 6) is 0.962. The van der Waals surface area contributed by atoms with Crippen molar-refractivity contribution in [1.82, 2.24) is 9.78 Å². The van der Waals surface area contributed by atoms with E-state index in [9.17, 15) is 5.11 Å². The van der Waals surface area contributed by atoms with Crippen LogP contribution < -0.4 is 0 Å². The second kappa shape index (κ2) is 6.93. The van der Waals surface area contributed by atoms with Gasteiger partial charge in [-0.1, -0.05) is 37.3 Å². The highest BCUT2D eigenvalue weighted by molar-refractivity contribution is 5.36. The first kappa shape index (κ1) is 15.0. The van der Waals surface area contributed by atoms with Gasteiger partial charge in [-0.15, -0.1) is 0 Å². The van der Waals surface area contributed by atoms with Gasteiger partial charge in [-0.3, -0.25) is 0 Å². The zero-order valence-electron chi connectivity index (χ0n) is 13.2. The van der Waals surface area contributed by atoms with Gasteiger partial charge >= 0.3 is 0 Å². The van der Waals surface area contributed by atoms with Crippen molar-refractivity contribution in [1.29, 1.82) is 0 Å². The molecule has 22 heavy (non-hydrogen) atoms. The average molecular weight is 296 g/mol. The molecule has 1 aliphatic rings. The molecule has 0 saturated heterocycles. The molecule has 0 spiro atoms. The lowest BCUT2D eigenvalue weighted by Gasteiger charge is -2.17. The number of hydrogen-bond acceptors (Lipinski definition) is 2. The molecule has 2 atom stereocenters. The van der Waals surface area contributed by atoms with Gasteiger partial charge in [0, 0.05) is 18.7 Å². The highest BCUT2D eigenvalue weighted by atomic mass is 16.3. The largest absolute Gasteiger partial charge is 0.396 e. The molecular formula is C19H24N2O. The van der Waals surface area contributed by atoms with E-state index in [1.807, 2.05) is 22.9 Å². The molecule has 0 aliphatic heterocycles. The molecule has 0 amide bonds. The Labute approximate surface area is 132 Å². The molecule has 0 bridgehead atoms. The summed E-state index contributed by atoms with van der Waals surface area (Å²) >= 11 is 0. The summed E-state index contributed by atoms with van der Waals surface area (Å²) in [4.78, 5) is 0. The number of allylic oxidation sites excluding steroid dienone is 2. The standard InChI is InChI=1S/C19H24N2O/c1-2-3-5-10-18-15(11-12-22)13-16-14-21(20-19(16)18)17-8-6-4-7-9-17/h3-9,14-15,18,22H,2,10-13H2,1H3/b5-3+. The molecule has 3 nitrogen and oxygen atoms in total. The molecule has 0 radical (unpaired) electrons. The van der Waals surface area contributed by atoms with Crippen LogP contribution in [0.4, 0.5) is 0 Å². The van der Waals surface area contributed by atoms with Crippen molar-refractivity contribution in [2.24, 2.45) is 5.92 Å². The normalized spacial score (nSPS) is 20.6. The minimum absolute atomic E-state index is 0.265. The van der Waals surface area contributed by atoms with Crippen LogP contribution in [0.25, 0.3) is 5.69 Å². The Morgan fingerprint density at radius 2 is 2.09 bits per heavy atom. The van der Waals surface area contributed by atoms with Crippen molar-refractivity contribution in [3.8, 4) is 5.69 Å². The third-order valence-electron chi connectivity index (χ3n) is 4.54. The first-order chi connectivity index (χ1) is 10.8. The van der Waals surface area contributed by atoms with Crippen LogP contribution in [0.3, 0.4) is 0 Å². The van der Waals surface area contributed by atoms with Crippen molar-refractivity contribution < 1.29 is 5.11 Å². The monoisotopic (exact) mass is 296 g/mol. The Hall–Kier alpha value is -1.87. The summed E-state index contributed by atoms with van der Waals surface area (Å²) in [5, 5.41) is 14.2. The van der Waals surface area contributed by atoms with E-state index in [0.29, 0.717) is 11.8 Å². The molecule has 3 heteroatoms. The number of fused-ring (bicyclic) bond motifs is 1. The Morgan fingerprint density at radius 1 is 1.27 bits per heavy atom. The van der Waals surface area contributed by atoms with Crippen LogP contribution in [0.1, 0.15) is 43.4 Å². The molecule has 0 saturated carbocycles. The molecule has 1 N–H and O–H groups in total. The Balaban J connectivity index is 1.86. The molecule has 1 aromatic heterocycles. The third kappa shape index (κ3) is 3.00. The zero-order chi connectivity index (χ0) is 15.4. The van der Waals surface area contributed by atoms with Crippen molar-refractivity contribution in [2.75, 3.05) is 6.61 Å². The van der Waals surface area contributed by atoms with E-state index < -0.39 is 0 Å². The summed E-state index contributed by atoms with van der Waals surface area (Å²) in [7, 11) is 0. The maximum Gasteiger partial charge on any atom is 0.0697 e. The molecule has 0 fully saturated rings. The SMILES string of the molecule is CC/C=C/CC1c2nn(-c3ccccc3)cc2CC1CCO. The molecular weight excluding hydrogens is 272 g/mol. The van der Waals surface area contributed by atoms with Gasteiger partial charge in [0.25, 0.3) is 0 Å². The second-order valence-corrected chi connectivity index (χ2v) is 6.02. The molecule has 116 valence electrons. The van der Waals surface area contributed by atoms with Crippen LogP contribution in [-0.2, 0) is 6.42 Å². The van der Waals surface area contributed by atoms with Gasteiger partial charge < -0.3 is 5.11 Å². The molecule has 2 unspecified atom stereocenters. The molecule has 1 aliphatic carbocycles. The first-order valence-corrected chi connectivity index (χ1v) is 8.23. The fraction of sp³-hybridized carbons (Fsp3) is 0.421. The molecule has 3 rings (SSSR count). The van der Waals surface area contributed by atoms with Crippen molar-refractivity contribution in [3.05, 3.63) is 59.9 Å². The Bertz CT molecular complexity index is 630. The van der Waals surface area contributed by atoms with Crippen molar-refractivity contribution in [2.45, 2.75) is 38.5 Å². The van der Waals surface area contributed by atoms with Gasteiger partial charge in [-0.25, -0.2) is 4.68 Å². The molecule has 1 aromatic carbocycles. The van der Waals surface area contributed by atoms with Crippen LogP contribution in [0.5, 0.6) is 0 Å². The fourth-order valence-corrected chi connectivity index (χ4v) is 3.44. The summed E-state index contributed by atoms with van der Waals surface area (Å²) in [6.45, 7) is 2.42. The smallest absolute Gasteiger partial charge is 0.0697 e. The van der Waals surface area contributed by atoms with E-state index in [1.54, 1.807) is 0 Å². The first-order valence-electron chi connectivity index (χ1n) is 8.23. The highest BCUT2D eigenvalue weighted by Gasteiger charge is 2.34. The lowest BCUT2D eigenvalue weighted by molar-refractivity contribution is 0.246. The van der Waals surface area contributed by atoms with E-state index in [0.717, 1.165) is 31.4 Å². The van der Waals surface area contributed by atoms with Gasteiger partial charge in [0.2, 0.25) is 0 Å². The van der Waals surface area contributed by atoms with E-state index in [2.05, 4.69) is 37.4 Å². The number of aromatic nitrogens is 2. The van der Waals surface area contributed by atoms with E-state index >= 15 is 0 Å². The van der Waals surface area contributed by atoms with E-state index in [4.69, 9.17) is 5.10 Å². The number of aliphatic hydroxyl groups excluding tert-OH is 1. The topological polar surface area (TPSA) is 38.0 Å². The number of aliphatic hydroxyl groups is 1. The number of rotatable bonds is 6. The third-order valence-corrected chi connectivity index (χ3v) is 4.54. The number of nitrogens with zero attached hydrogens (tertiary/aromatic N) is 2. The van der Waals surface area contributed by atoms with Crippen LogP contribution in [0, 0.1) is 5.92 Å². The summed E-state index contributed by atoms with van der Waals surface area (Å²) in [5.41, 5.74) is 3.68. The van der Waals surface area contributed by atoms with E-state index in [1.165, 1.54) is 11.3 Å². The van der Waals surface area contributed by atoms with Gasteiger partial charge in [-0.2, -0.15) is 5.10 Å². The maximum atomic E-state index is 9.32. The number of benzene rings is 1. The maximum absolute atomic E-state index is 9.32. The van der Waals surface area contributed by atoms with Crippen LogP contribution in [0.2, 0.25) is 0 Å². The minimum atomic E-state index is 0.265. The van der Waals surface area contributed by atoms with Crippen LogP contribution >= 0.6 is 0 Å². The predicted molar refractivity (Wildman–Crippen MR) is 89.2 cm³/mol. The fourth-order valence-electron chi connectivity index (χ4n) is 3.44. The molecule has 2 aromatic rings. The summed E-state index contributed by atoms with van der Waals surface area (Å²) in [6.07, 6.45) is 10.7. The van der Waals surface area contributed by atoms with Gasteiger partial charge in [0.15, 0.2) is 0 Å². The van der Waals surface area contributed by atoms with Gasteiger partial charge in [0.1, 0.15) is 0 Å². The van der Waals surface area contributed by atoms with Gasteiger partial charge in [0.05, 0.1) is 11.4 Å². The van der Waals surface area contributed by atoms with Gasteiger partial charge in [-0.05, 0) is 49.3 Å². The quantitative estimate of drug-likeness (QED) is 0.822. The second-order valence-electron chi connectivity index (χ2n) is 6.02. The summed E-state index contributed by atoms with van der Waals surface area (Å²) in [6, 6.07) is 10.3. The van der Waals surface area contributed by atoms with Crippen molar-refractivity contribution in [3.63, 3.8) is 0 Å². The van der Waals surface area contributed by atoms with E-state index in [-0.39, 0.29) is 6.61 Å². The predicted octanol–water partition coefficient (Wildman–Crippen LogP) is 3.87. The minimum Gasteiger partial charge on any atom is -0.396 e. The summed E-state index contributed by atoms with van der Waals surface area (Å²) < 4.78 is 2.00. The Morgan fingerprint density at radius 3 is 2.82 bits per heavy atom. The lowest BCUT2D eigenvalue weighted by Crippen LogP contribution is -2.11.